The SMILES string of the molecule is CCc1cccc(C)c1N=C1NC(=O)[C@H](CC(=O)NCCC(C)C)S1. The van der Waals surface area contributed by atoms with E-state index in [1.165, 1.54) is 11.8 Å². The predicted octanol–water partition coefficient (Wildman–Crippen LogP) is 3.33. The van der Waals surface area contributed by atoms with Crippen molar-refractivity contribution < 1.29 is 9.59 Å². The van der Waals surface area contributed by atoms with Crippen molar-refractivity contribution in [2.24, 2.45) is 10.9 Å². The second-order valence-corrected chi connectivity index (χ2v) is 7.88. The van der Waals surface area contributed by atoms with Crippen molar-refractivity contribution in [1.29, 1.82) is 0 Å². The van der Waals surface area contributed by atoms with Crippen LogP contribution in [0.3, 0.4) is 0 Å². The normalized spacial score (nSPS) is 18.7. The molecule has 2 rings (SSSR count). The van der Waals surface area contributed by atoms with Gasteiger partial charge in [-0.05, 0) is 36.8 Å². The van der Waals surface area contributed by atoms with Crippen molar-refractivity contribution in [1.82, 2.24) is 10.6 Å². The second-order valence-electron chi connectivity index (χ2n) is 6.69. The van der Waals surface area contributed by atoms with Gasteiger partial charge in [-0.3, -0.25) is 9.59 Å². The van der Waals surface area contributed by atoms with Crippen molar-refractivity contribution in [2.45, 2.75) is 52.2 Å². The molecule has 0 bridgehead atoms. The highest BCUT2D eigenvalue weighted by atomic mass is 32.2. The molecular weight excluding hydrogens is 334 g/mol. The topological polar surface area (TPSA) is 70.6 Å². The Morgan fingerprint density at radius 3 is 2.84 bits per heavy atom. The van der Waals surface area contributed by atoms with E-state index in [1.807, 2.05) is 25.1 Å². The quantitative estimate of drug-likeness (QED) is 0.782. The van der Waals surface area contributed by atoms with Crippen molar-refractivity contribution >= 4 is 34.4 Å². The number of aryl methyl sites for hydroxylation is 2. The van der Waals surface area contributed by atoms with Crippen LogP contribution in [0.25, 0.3) is 0 Å². The Hall–Kier alpha value is -1.82. The van der Waals surface area contributed by atoms with E-state index >= 15 is 0 Å². The highest BCUT2D eigenvalue weighted by Crippen LogP contribution is 2.29. The first-order chi connectivity index (χ1) is 11.9. The summed E-state index contributed by atoms with van der Waals surface area (Å²) in [5.41, 5.74) is 3.14. The summed E-state index contributed by atoms with van der Waals surface area (Å²) in [5.74, 6) is 0.319. The van der Waals surface area contributed by atoms with E-state index < -0.39 is 5.25 Å². The van der Waals surface area contributed by atoms with Crippen LogP contribution >= 0.6 is 11.8 Å². The zero-order chi connectivity index (χ0) is 18.4. The number of carbonyl (C=O) groups is 2. The first kappa shape index (κ1) is 19.5. The van der Waals surface area contributed by atoms with E-state index in [0.29, 0.717) is 17.6 Å². The molecule has 0 radical (unpaired) electrons. The van der Waals surface area contributed by atoms with Crippen LogP contribution in [0, 0.1) is 12.8 Å². The van der Waals surface area contributed by atoms with Crippen molar-refractivity contribution in [3.05, 3.63) is 29.3 Å². The van der Waals surface area contributed by atoms with Gasteiger partial charge in [0.05, 0.1) is 5.69 Å². The molecule has 6 heteroatoms. The molecule has 1 aliphatic rings. The van der Waals surface area contributed by atoms with E-state index in [4.69, 9.17) is 0 Å². The van der Waals surface area contributed by atoms with E-state index in [1.54, 1.807) is 0 Å². The van der Waals surface area contributed by atoms with Crippen LogP contribution in [0.1, 0.15) is 44.7 Å². The summed E-state index contributed by atoms with van der Waals surface area (Å²) < 4.78 is 0. The number of nitrogens with zero attached hydrogens (tertiary/aromatic N) is 1. The molecule has 1 aromatic carbocycles. The fraction of sp³-hybridized carbons (Fsp3) is 0.526. The third-order valence-corrected chi connectivity index (χ3v) is 5.19. The fourth-order valence-corrected chi connectivity index (χ4v) is 3.57. The molecule has 0 spiro atoms. The fourth-order valence-electron chi connectivity index (χ4n) is 2.60. The lowest BCUT2D eigenvalue weighted by Gasteiger charge is -2.09. The molecule has 0 unspecified atom stereocenters. The van der Waals surface area contributed by atoms with Gasteiger partial charge < -0.3 is 10.6 Å². The second kappa shape index (κ2) is 9.04. The predicted molar refractivity (Wildman–Crippen MR) is 104 cm³/mol. The molecule has 1 fully saturated rings. The average molecular weight is 362 g/mol. The number of hydrogen-bond acceptors (Lipinski definition) is 4. The molecule has 25 heavy (non-hydrogen) atoms. The summed E-state index contributed by atoms with van der Waals surface area (Å²) in [6.07, 6.45) is 2.01. The average Bonchev–Trinajstić information content (AvgIpc) is 2.88. The van der Waals surface area contributed by atoms with Gasteiger partial charge in [-0.1, -0.05) is 50.7 Å². The highest BCUT2D eigenvalue weighted by Gasteiger charge is 2.32. The summed E-state index contributed by atoms with van der Waals surface area (Å²) in [7, 11) is 0. The summed E-state index contributed by atoms with van der Waals surface area (Å²) in [6, 6.07) is 6.08. The Bertz CT molecular complexity index is 671. The van der Waals surface area contributed by atoms with Gasteiger partial charge in [-0.25, -0.2) is 4.99 Å². The number of carbonyl (C=O) groups excluding carboxylic acids is 2. The van der Waals surface area contributed by atoms with Crippen LogP contribution < -0.4 is 10.6 Å². The third-order valence-electron chi connectivity index (χ3n) is 4.11. The minimum Gasteiger partial charge on any atom is -0.356 e. The maximum atomic E-state index is 12.1. The standard InChI is InChI=1S/C19H27N3O2S/c1-5-14-8-6-7-13(4)17(14)21-19-22-18(24)15(25-19)11-16(23)20-10-9-12(2)3/h6-8,12,15H,5,9-11H2,1-4H3,(H,20,23)(H,21,22,24)/t15-/m0/s1. The van der Waals surface area contributed by atoms with Gasteiger partial charge in [0, 0.05) is 13.0 Å². The Morgan fingerprint density at radius 2 is 2.16 bits per heavy atom. The molecule has 2 N–H and O–H groups in total. The molecule has 5 nitrogen and oxygen atoms in total. The van der Waals surface area contributed by atoms with Crippen LogP contribution in [-0.4, -0.2) is 28.8 Å². The highest BCUT2D eigenvalue weighted by molar-refractivity contribution is 8.15. The zero-order valence-electron chi connectivity index (χ0n) is 15.4. The molecular formula is C19H27N3O2S. The molecule has 0 saturated carbocycles. The van der Waals surface area contributed by atoms with Gasteiger partial charge in [0.2, 0.25) is 11.8 Å². The third kappa shape index (κ3) is 5.59. The van der Waals surface area contributed by atoms with Crippen LogP contribution in [0.2, 0.25) is 0 Å². The van der Waals surface area contributed by atoms with E-state index in [2.05, 4.69) is 36.4 Å². The first-order valence-electron chi connectivity index (χ1n) is 8.82. The van der Waals surface area contributed by atoms with E-state index in [0.717, 1.165) is 29.7 Å². The summed E-state index contributed by atoms with van der Waals surface area (Å²) >= 11 is 1.34. The number of hydrogen-bond donors (Lipinski definition) is 2. The summed E-state index contributed by atoms with van der Waals surface area (Å²) in [6.45, 7) is 8.99. The molecule has 1 heterocycles. The minimum absolute atomic E-state index is 0.0836. The van der Waals surface area contributed by atoms with E-state index in [-0.39, 0.29) is 18.2 Å². The van der Waals surface area contributed by atoms with Crippen molar-refractivity contribution in [3.63, 3.8) is 0 Å². The maximum Gasteiger partial charge on any atom is 0.240 e. The van der Waals surface area contributed by atoms with Gasteiger partial charge in [-0.2, -0.15) is 0 Å². The van der Waals surface area contributed by atoms with Crippen molar-refractivity contribution in [2.75, 3.05) is 6.54 Å². The summed E-state index contributed by atoms with van der Waals surface area (Å²) in [5, 5.41) is 5.85. The minimum atomic E-state index is -0.410. The number of aliphatic imine (C=N–C) groups is 1. The number of amides is 2. The van der Waals surface area contributed by atoms with Gasteiger partial charge in [0.15, 0.2) is 5.17 Å². The van der Waals surface area contributed by atoms with Crippen LogP contribution in [0.15, 0.2) is 23.2 Å². The Morgan fingerprint density at radius 1 is 1.40 bits per heavy atom. The van der Waals surface area contributed by atoms with Gasteiger partial charge in [0.1, 0.15) is 5.25 Å². The van der Waals surface area contributed by atoms with Crippen LogP contribution in [0.4, 0.5) is 5.69 Å². The lowest BCUT2D eigenvalue weighted by Crippen LogP contribution is -2.32. The molecule has 2 amide bonds. The number of thioether (sulfide) groups is 1. The molecule has 136 valence electrons. The number of benzene rings is 1. The number of rotatable bonds is 7. The Balaban J connectivity index is 1.99. The molecule has 1 aromatic rings. The lowest BCUT2D eigenvalue weighted by molar-refractivity contribution is -0.125. The van der Waals surface area contributed by atoms with Crippen LogP contribution in [0.5, 0.6) is 0 Å². The lowest BCUT2D eigenvalue weighted by atomic mass is 10.1. The first-order valence-corrected chi connectivity index (χ1v) is 9.70. The van der Waals surface area contributed by atoms with Gasteiger partial charge in [-0.15, -0.1) is 0 Å². The number of amidine groups is 1. The molecule has 1 saturated heterocycles. The largest absolute Gasteiger partial charge is 0.356 e. The molecule has 0 aromatic heterocycles. The molecule has 0 aliphatic carbocycles. The van der Waals surface area contributed by atoms with E-state index in [9.17, 15) is 9.59 Å². The van der Waals surface area contributed by atoms with Crippen molar-refractivity contribution in [3.8, 4) is 0 Å². The van der Waals surface area contributed by atoms with Gasteiger partial charge >= 0.3 is 0 Å². The smallest absolute Gasteiger partial charge is 0.240 e. The molecule has 1 atom stereocenters. The summed E-state index contributed by atoms with van der Waals surface area (Å²) in [4.78, 5) is 28.8. The Labute approximate surface area is 154 Å². The Kier molecular flexibility index (Phi) is 7.05. The monoisotopic (exact) mass is 361 g/mol. The molecule has 1 aliphatic heterocycles. The maximum absolute atomic E-state index is 12.1. The van der Waals surface area contributed by atoms with Gasteiger partial charge in [0.25, 0.3) is 0 Å². The zero-order valence-corrected chi connectivity index (χ0v) is 16.2. The number of nitrogens with one attached hydrogen (secondary N) is 2. The van der Waals surface area contributed by atoms with Crippen LogP contribution in [-0.2, 0) is 16.0 Å². The number of para-hydroxylation sites is 1.